The number of hydrogen-bond acceptors (Lipinski definition) is 10. The molecule has 36 heavy (non-hydrogen) atoms. The van der Waals surface area contributed by atoms with Gasteiger partial charge in [-0.25, -0.2) is 10.2 Å². The Morgan fingerprint density at radius 2 is 2.00 bits per heavy atom. The lowest BCUT2D eigenvalue weighted by atomic mass is 10.1. The molecule has 0 aliphatic rings. The van der Waals surface area contributed by atoms with E-state index < -0.39 is 16.8 Å². The lowest BCUT2D eigenvalue weighted by Gasteiger charge is -2.04. The Bertz CT molecular complexity index is 1430. The second-order valence-electron chi connectivity index (χ2n) is 7.21. The molecule has 2 aromatic heterocycles. The highest BCUT2D eigenvalue weighted by Crippen LogP contribution is 2.32. The maximum Gasteiger partial charge on any atom is 0.338 e. The summed E-state index contributed by atoms with van der Waals surface area (Å²) < 4.78 is 10.5. The van der Waals surface area contributed by atoms with Crippen molar-refractivity contribution in [2.24, 2.45) is 5.10 Å². The van der Waals surface area contributed by atoms with Crippen LogP contribution in [0.3, 0.4) is 0 Å². The highest BCUT2D eigenvalue weighted by Gasteiger charge is 2.21. The number of aromatic nitrogens is 4. The van der Waals surface area contributed by atoms with Crippen LogP contribution in [0.15, 0.2) is 70.2 Å². The second kappa shape index (κ2) is 10.8. The quantitative estimate of drug-likeness (QED) is 0.161. The van der Waals surface area contributed by atoms with Crippen molar-refractivity contribution in [3.05, 3.63) is 82.1 Å². The van der Waals surface area contributed by atoms with Crippen LogP contribution in [0.1, 0.15) is 23.0 Å². The van der Waals surface area contributed by atoms with Gasteiger partial charge in [-0.05, 0) is 36.4 Å². The van der Waals surface area contributed by atoms with Crippen LogP contribution in [-0.2, 0) is 16.1 Å². The van der Waals surface area contributed by atoms with Gasteiger partial charge in [0, 0.05) is 11.6 Å². The first-order chi connectivity index (χ1) is 17.4. The van der Waals surface area contributed by atoms with Crippen molar-refractivity contribution in [2.45, 2.75) is 13.5 Å². The number of tetrazole rings is 1. The summed E-state index contributed by atoms with van der Waals surface area (Å²) in [5.74, 6) is -0.350. The van der Waals surface area contributed by atoms with Gasteiger partial charge in [-0.15, -0.1) is 10.2 Å². The van der Waals surface area contributed by atoms with Crippen LogP contribution in [-0.4, -0.2) is 49.8 Å². The van der Waals surface area contributed by atoms with Crippen molar-refractivity contribution in [3.8, 4) is 22.7 Å². The van der Waals surface area contributed by atoms with Gasteiger partial charge in [0.05, 0.1) is 28.9 Å². The molecule has 2 heterocycles. The summed E-state index contributed by atoms with van der Waals surface area (Å²) >= 11 is 0. The zero-order valence-corrected chi connectivity index (χ0v) is 18.9. The number of hydrogen-bond donors (Lipinski definition) is 1. The average molecular weight is 489 g/mol. The molecule has 0 aliphatic heterocycles. The van der Waals surface area contributed by atoms with Crippen LogP contribution in [0.2, 0.25) is 0 Å². The number of furan rings is 1. The van der Waals surface area contributed by atoms with Crippen molar-refractivity contribution in [1.82, 2.24) is 25.6 Å². The molecule has 0 aliphatic carbocycles. The van der Waals surface area contributed by atoms with Gasteiger partial charge < -0.3 is 9.15 Å². The molecule has 0 fully saturated rings. The minimum atomic E-state index is -0.660. The summed E-state index contributed by atoms with van der Waals surface area (Å²) in [5.41, 5.74) is 3.00. The van der Waals surface area contributed by atoms with Gasteiger partial charge >= 0.3 is 5.97 Å². The summed E-state index contributed by atoms with van der Waals surface area (Å²) in [6.07, 6.45) is 1.24. The Morgan fingerprint density at radius 3 is 2.75 bits per heavy atom. The number of amides is 1. The van der Waals surface area contributed by atoms with E-state index in [1.807, 2.05) is 30.3 Å². The van der Waals surface area contributed by atoms with Crippen molar-refractivity contribution in [1.29, 1.82) is 0 Å². The van der Waals surface area contributed by atoms with Gasteiger partial charge in [0.2, 0.25) is 5.82 Å². The van der Waals surface area contributed by atoms with Crippen molar-refractivity contribution in [3.63, 3.8) is 0 Å². The molecule has 4 rings (SSSR count). The molecule has 2 aromatic carbocycles. The minimum absolute atomic E-state index is 0.0566. The molecule has 1 N–H and O–H groups in total. The number of ether oxygens (including phenoxy) is 1. The fourth-order valence-electron chi connectivity index (χ4n) is 3.14. The molecule has 0 spiro atoms. The summed E-state index contributed by atoms with van der Waals surface area (Å²) in [7, 11) is 0. The first-order valence-electron chi connectivity index (χ1n) is 10.7. The van der Waals surface area contributed by atoms with Crippen LogP contribution < -0.4 is 5.43 Å². The standard InChI is InChI=1S/C23H19N7O6/c1-2-35-23(32)16-8-10-18(19(12-16)30(33)34)20-11-9-17(36-20)13-24-25-21(31)14-29-27-22(26-28-29)15-6-4-3-5-7-15/h3-13H,2,14H2,1H3,(H,25,31)/b24-13-. The number of hydrazone groups is 1. The van der Waals surface area contributed by atoms with Gasteiger partial charge in [-0.3, -0.25) is 14.9 Å². The maximum absolute atomic E-state index is 12.1. The van der Waals surface area contributed by atoms with E-state index in [0.29, 0.717) is 5.82 Å². The zero-order valence-electron chi connectivity index (χ0n) is 18.9. The summed E-state index contributed by atoms with van der Waals surface area (Å²) in [4.78, 5) is 36.1. The smallest absolute Gasteiger partial charge is 0.338 e. The number of esters is 1. The second-order valence-corrected chi connectivity index (χ2v) is 7.21. The van der Waals surface area contributed by atoms with Crippen molar-refractivity contribution >= 4 is 23.8 Å². The van der Waals surface area contributed by atoms with Crippen LogP contribution in [0.25, 0.3) is 22.7 Å². The molecule has 0 atom stereocenters. The molecule has 0 radical (unpaired) electrons. The fraction of sp³-hybridized carbons (Fsp3) is 0.130. The Hall–Kier alpha value is -5.20. The van der Waals surface area contributed by atoms with Crippen LogP contribution >= 0.6 is 0 Å². The number of carbonyl (C=O) groups excluding carboxylic acids is 2. The fourth-order valence-corrected chi connectivity index (χ4v) is 3.14. The summed E-state index contributed by atoms with van der Waals surface area (Å²) in [6.45, 7) is 1.58. The molecule has 0 saturated heterocycles. The van der Waals surface area contributed by atoms with E-state index >= 15 is 0 Å². The Labute approximate surface area is 203 Å². The van der Waals surface area contributed by atoms with E-state index in [0.717, 1.165) is 16.4 Å². The Balaban J connectivity index is 1.39. The van der Waals surface area contributed by atoms with Gasteiger partial charge in [0.1, 0.15) is 18.1 Å². The average Bonchev–Trinajstić information content (AvgIpc) is 3.54. The first kappa shape index (κ1) is 23.9. The van der Waals surface area contributed by atoms with E-state index in [1.54, 1.807) is 6.92 Å². The van der Waals surface area contributed by atoms with Crippen molar-refractivity contribution < 1.29 is 23.7 Å². The molecule has 13 nitrogen and oxygen atoms in total. The molecule has 0 unspecified atom stereocenters. The van der Waals surface area contributed by atoms with E-state index in [9.17, 15) is 19.7 Å². The first-order valence-corrected chi connectivity index (χ1v) is 10.7. The van der Waals surface area contributed by atoms with Crippen LogP contribution in [0, 0.1) is 10.1 Å². The van der Waals surface area contributed by atoms with E-state index in [4.69, 9.17) is 9.15 Å². The zero-order chi connectivity index (χ0) is 25.5. The topological polar surface area (TPSA) is 168 Å². The van der Waals surface area contributed by atoms with Gasteiger partial charge in [0.25, 0.3) is 11.6 Å². The van der Waals surface area contributed by atoms with Gasteiger partial charge in [-0.2, -0.15) is 9.90 Å². The van der Waals surface area contributed by atoms with E-state index in [2.05, 4.69) is 25.9 Å². The number of nitrogens with zero attached hydrogens (tertiary/aromatic N) is 6. The Morgan fingerprint density at radius 1 is 1.19 bits per heavy atom. The number of nitro groups is 1. The number of nitrogens with one attached hydrogen (secondary N) is 1. The normalized spacial score (nSPS) is 10.9. The highest BCUT2D eigenvalue weighted by molar-refractivity contribution is 5.92. The molecule has 13 heteroatoms. The third-order valence-corrected chi connectivity index (χ3v) is 4.75. The molecule has 1 amide bonds. The molecule has 4 aromatic rings. The number of benzene rings is 2. The SMILES string of the molecule is CCOC(=O)c1ccc(-c2ccc(/C=N\NC(=O)Cn3nnc(-c4ccccc4)n3)o2)c([N+](=O)[O-])c1. The molecule has 0 bridgehead atoms. The lowest BCUT2D eigenvalue weighted by molar-refractivity contribution is -0.384. The summed E-state index contributed by atoms with van der Waals surface area (Å²) in [5, 5.41) is 27.3. The van der Waals surface area contributed by atoms with Crippen LogP contribution in [0.5, 0.6) is 0 Å². The molecular weight excluding hydrogens is 470 g/mol. The molecular formula is C23H19N7O6. The summed E-state index contributed by atoms with van der Waals surface area (Å²) in [6, 6.07) is 16.2. The number of carbonyl (C=O) groups is 2. The number of nitro benzene ring substituents is 1. The largest absolute Gasteiger partial charge is 0.462 e. The van der Waals surface area contributed by atoms with Crippen LogP contribution in [0.4, 0.5) is 5.69 Å². The third kappa shape index (κ3) is 5.64. The van der Waals surface area contributed by atoms with Crippen molar-refractivity contribution in [2.75, 3.05) is 6.61 Å². The predicted octanol–water partition coefficient (Wildman–Crippen LogP) is 2.84. The van der Waals surface area contributed by atoms with E-state index in [-0.39, 0.29) is 41.5 Å². The van der Waals surface area contributed by atoms with E-state index in [1.165, 1.54) is 30.5 Å². The third-order valence-electron chi connectivity index (χ3n) is 4.75. The molecule has 0 saturated carbocycles. The van der Waals surface area contributed by atoms with Gasteiger partial charge in [-0.1, -0.05) is 30.3 Å². The predicted molar refractivity (Wildman–Crippen MR) is 126 cm³/mol. The monoisotopic (exact) mass is 489 g/mol. The minimum Gasteiger partial charge on any atom is -0.462 e. The van der Waals surface area contributed by atoms with Gasteiger partial charge in [0.15, 0.2) is 0 Å². The molecule has 182 valence electrons. The highest BCUT2D eigenvalue weighted by atomic mass is 16.6. The maximum atomic E-state index is 12.1. The lowest BCUT2D eigenvalue weighted by Crippen LogP contribution is -2.24. The number of rotatable bonds is 9. The Kier molecular flexibility index (Phi) is 7.19.